The summed E-state index contributed by atoms with van der Waals surface area (Å²) in [6, 6.07) is 3.99. The van der Waals surface area contributed by atoms with Crippen LogP contribution in [-0.2, 0) is 14.3 Å². The highest BCUT2D eigenvalue weighted by molar-refractivity contribution is 5.83. The van der Waals surface area contributed by atoms with Crippen LogP contribution in [0.15, 0.2) is 24.5 Å². The number of pyridine rings is 1. The maximum atomic E-state index is 13.1. The standard InChI is InChI=1S/C20H29N5O3/c26-19(24-6-4-23(5-7-24)18-2-1-3-21-15-18)16-12-17(14-22-13-16)20(27)25-8-10-28-11-9-25/h1-3,15-17,22H,4-14H2. The van der Waals surface area contributed by atoms with Crippen molar-refractivity contribution in [3.8, 4) is 0 Å². The average Bonchev–Trinajstić information content (AvgIpc) is 2.79. The van der Waals surface area contributed by atoms with Gasteiger partial charge in [-0.3, -0.25) is 14.6 Å². The Balaban J connectivity index is 1.30. The van der Waals surface area contributed by atoms with Crippen LogP contribution in [-0.4, -0.2) is 92.2 Å². The van der Waals surface area contributed by atoms with E-state index in [1.807, 2.05) is 22.1 Å². The summed E-state index contributed by atoms with van der Waals surface area (Å²) in [4.78, 5) is 36.1. The Bertz CT molecular complexity index is 672. The molecule has 0 aromatic carbocycles. The van der Waals surface area contributed by atoms with Gasteiger partial charge in [0.15, 0.2) is 0 Å². The number of carbonyl (C=O) groups is 2. The highest BCUT2D eigenvalue weighted by Crippen LogP contribution is 2.23. The van der Waals surface area contributed by atoms with Gasteiger partial charge in [0.05, 0.1) is 36.9 Å². The third kappa shape index (κ3) is 4.28. The zero-order chi connectivity index (χ0) is 19.3. The van der Waals surface area contributed by atoms with E-state index in [0.29, 0.717) is 58.9 Å². The SMILES string of the molecule is O=C(C1CNCC(C(=O)N2CCN(c3cccnc3)CC2)C1)N1CCOCC1. The molecular weight excluding hydrogens is 358 g/mol. The molecular formula is C20H29N5O3. The summed E-state index contributed by atoms with van der Waals surface area (Å²) < 4.78 is 5.34. The number of nitrogens with one attached hydrogen (secondary N) is 1. The molecule has 4 rings (SSSR count). The van der Waals surface area contributed by atoms with Gasteiger partial charge in [-0.1, -0.05) is 0 Å². The highest BCUT2D eigenvalue weighted by atomic mass is 16.5. The van der Waals surface area contributed by atoms with E-state index in [0.717, 1.165) is 18.8 Å². The highest BCUT2D eigenvalue weighted by Gasteiger charge is 2.36. The number of nitrogens with zero attached hydrogens (tertiary/aromatic N) is 4. The second kappa shape index (κ2) is 8.87. The summed E-state index contributed by atoms with van der Waals surface area (Å²) in [5.74, 6) is 0.110. The number of piperidine rings is 1. The molecule has 2 atom stereocenters. The summed E-state index contributed by atoms with van der Waals surface area (Å²) in [6.45, 7) is 6.91. The van der Waals surface area contributed by atoms with Crippen molar-refractivity contribution in [1.82, 2.24) is 20.1 Å². The Labute approximate surface area is 165 Å². The minimum absolute atomic E-state index is 0.113. The number of morpholine rings is 1. The summed E-state index contributed by atoms with van der Waals surface area (Å²) in [7, 11) is 0. The third-order valence-electron chi connectivity index (χ3n) is 5.97. The number of piperazine rings is 1. The van der Waals surface area contributed by atoms with Gasteiger partial charge in [-0.05, 0) is 18.6 Å². The Hall–Kier alpha value is -2.19. The molecule has 8 heteroatoms. The number of hydrogen-bond acceptors (Lipinski definition) is 6. The van der Waals surface area contributed by atoms with E-state index in [2.05, 4.69) is 21.3 Å². The van der Waals surface area contributed by atoms with Crippen molar-refractivity contribution in [3.05, 3.63) is 24.5 Å². The van der Waals surface area contributed by atoms with Crippen LogP contribution in [0, 0.1) is 11.8 Å². The van der Waals surface area contributed by atoms with Gasteiger partial charge in [0, 0.05) is 58.6 Å². The molecule has 0 aliphatic carbocycles. The third-order valence-corrected chi connectivity index (χ3v) is 5.97. The Morgan fingerprint density at radius 2 is 1.61 bits per heavy atom. The normalized spacial score (nSPS) is 26.2. The molecule has 1 N–H and O–H groups in total. The van der Waals surface area contributed by atoms with Crippen molar-refractivity contribution in [2.45, 2.75) is 6.42 Å². The first kappa shape index (κ1) is 19.1. The Kier molecular flexibility index (Phi) is 6.07. The van der Waals surface area contributed by atoms with Crippen LogP contribution in [0.3, 0.4) is 0 Å². The first-order valence-electron chi connectivity index (χ1n) is 10.2. The van der Waals surface area contributed by atoms with Crippen LogP contribution in [0.4, 0.5) is 5.69 Å². The molecule has 2 amide bonds. The van der Waals surface area contributed by atoms with E-state index < -0.39 is 0 Å². The maximum Gasteiger partial charge on any atom is 0.227 e. The molecule has 1 aromatic rings. The van der Waals surface area contributed by atoms with Crippen molar-refractivity contribution in [2.24, 2.45) is 11.8 Å². The van der Waals surface area contributed by atoms with Gasteiger partial charge < -0.3 is 24.8 Å². The van der Waals surface area contributed by atoms with Crippen molar-refractivity contribution in [2.75, 3.05) is 70.5 Å². The summed E-state index contributed by atoms with van der Waals surface area (Å²) in [6.07, 6.45) is 4.28. The number of ether oxygens (including phenoxy) is 1. The van der Waals surface area contributed by atoms with Crippen LogP contribution < -0.4 is 10.2 Å². The second-order valence-corrected chi connectivity index (χ2v) is 7.75. The molecule has 152 valence electrons. The molecule has 4 heterocycles. The molecule has 28 heavy (non-hydrogen) atoms. The summed E-state index contributed by atoms with van der Waals surface area (Å²) in [5, 5.41) is 3.31. The zero-order valence-corrected chi connectivity index (χ0v) is 16.3. The summed E-state index contributed by atoms with van der Waals surface area (Å²) >= 11 is 0. The van der Waals surface area contributed by atoms with Gasteiger partial charge in [0.1, 0.15) is 0 Å². The van der Waals surface area contributed by atoms with E-state index in [-0.39, 0.29) is 23.7 Å². The van der Waals surface area contributed by atoms with Crippen LogP contribution in [0.1, 0.15) is 6.42 Å². The van der Waals surface area contributed by atoms with Gasteiger partial charge >= 0.3 is 0 Å². The smallest absolute Gasteiger partial charge is 0.227 e. The monoisotopic (exact) mass is 387 g/mol. The Morgan fingerprint density at radius 3 is 2.21 bits per heavy atom. The minimum atomic E-state index is -0.117. The number of carbonyl (C=O) groups excluding carboxylic acids is 2. The molecule has 0 radical (unpaired) electrons. The predicted octanol–water partition coefficient (Wildman–Crippen LogP) is -0.185. The second-order valence-electron chi connectivity index (χ2n) is 7.75. The predicted molar refractivity (Wildman–Crippen MR) is 105 cm³/mol. The lowest BCUT2D eigenvalue weighted by Gasteiger charge is -2.39. The van der Waals surface area contributed by atoms with Crippen molar-refractivity contribution >= 4 is 17.5 Å². The zero-order valence-electron chi connectivity index (χ0n) is 16.3. The molecule has 1 aromatic heterocycles. The van der Waals surface area contributed by atoms with Crippen molar-refractivity contribution < 1.29 is 14.3 Å². The van der Waals surface area contributed by atoms with E-state index in [1.54, 1.807) is 6.20 Å². The number of rotatable bonds is 3. The largest absolute Gasteiger partial charge is 0.378 e. The van der Waals surface area contributed by atoms with Crippen LogP contribution in [0.25, 0.3) is 0 Å². The van der Waals surface area contributed by atoms with E-state index >= 15 is 0 Å². The van der Waals surface area contributed by atoms with Crippen LogP contribution >= 0.6 is 0 Å². The first-order chi connectivity index (χ1) is 13.7. The molecule has 2 unspecified atom stereocenters. The molecule has 3 aliphatic rings. The number of hydrogen-bond donors (Lipinski definition) is 1. The van der Waals surface area contributed by atoms with Crippen LogP contribution in [0.2, 0.25) is 0 Å². The fourth-order valence-corrected chi connectivity index (χ4v) is 4.34. The number of anilines is 1. The fraction of sp³-hybridized carbons (Fsp3) is 0.650. The lowest BCUT2D eigenvalue weighted by Crippen LogP contribution is -2.54. The molecule has 3 saturated heterocycles. The van der Waals surface area contributed by atoms with E-state index in [9.17, 15) is 9.59 Å². The van der Waals surface area contributed by atoms with Gasteiger partial charge in [0.2, 0.25) is 11.8 Å². The molecule has 0 saturated carbocycles. The molecule has 0 bridgehead atoms. The number of amides is 2. The average molecular weight is 387 g/mol. The number of aromatic nitrogens is 1. The van der Waals surface area contributed by atoms with Gasteiger partial charge in [-0.15, -0.1) is 0 Å². The molecule has 8 nitrogen and oxygen atoms in total. The summed E-state index contributed by atoms with van der Waals surface area (Å²) in [5.41, 5.74) is 1.10. The van der Waals surface area contributed by atoms with Gasteiger partial charge in [-0.25, -0.2) is 0 Å². The quantitative estimate of drug-likeness (QED) is 0.775. The van der Waals surface area contributed by atoms with Crippen LogP contribution in [0.5, 0.6) is 0 Å². The van der Waals surface area contributed by atoms with Crippen molar-refractivity contribution in [3.63, 3.8) is 0 Å². The fourth-order valence-electron chi connectivity index (χ4n) is 4.34. The molecule has 0 spiro atoms. The topological polar surface area (TPSA) is 78.0 Å². The van der Waals surface area contributed by atoms with Gasteiger partial charge in [0.25, 0.3) is 0 Å². The first-order valence-corrected chi connectivity index (χ1v) is 10.2. The Morgan fingerprint density at radius 1 is 0.964 bits per heavy atom. The van der Waals surface area contributed by atoms with E-state index in [4.69, 9.17) is 4.74 Å². The van der Waals surface area contributed by atoms with Gasteiger partial charge in [-0.2, -0.15) is 0 Å². The molecule has 3 aliphatic heterocycles. The maximum absolute atomic E-state index is 13.1. The minimum Gasteiger partial charge on any atom is -0.378 e. The van der Waals surface area contributed by atoms with Crippen molar-refractivity contribution in [1.29, 1.82) is 0 Å². The lowest BCUT2D eigenvalue weighted by molar-refractivity contribution is -0.143. The van der Waals surface area contributed by atoms with E-state index in [1.165, 1.54) is 0 Å². The lowest BCUT2D eigenvalue weighted by atomic mass is 9.88. The molecule has 3 fully saturated rings.